The van der Waals surface area contributed by atoms with Gasteiger partial charge in [-0.05, 0) is 25.0 Å². The summed E-state index contributed by atoms with van der Waals surface area (Å²) in [6.07, 6.45) is 3.79. The summed E-state index contributed by atoms with van der Waals surface area (Å²) in [6, 6.07) is 3.89. The lowest BCUT2D eigenvalue weighted by Crippen LogP contribution is -2.47. The Kier molecular flexibility index (Phi) is 3.55. The molecule has 0 unspecified atom stereocenters. The van der Waals surface area contributed by atoms with E-state index in [-0.39, 0.29) is 23.7 Å². The third-order valence-electron chi connectivity index (χ3n) is 3.72. The van der Waals surface area contributed by atoms with E-state index in [1.807, 2.05) is 32.2 Å². The second kappa shape index (κ2) is 4.96. The second-order valence-electron chi connectivity index (χ2n) is 5.57. The predicted molar refractivity (Wildman–Crippen MR) is 69.1 cm³/mol. The fourth-order valence-electron chi connectivity index (χ4n) is 2.16. The molecule has 0 spiro atoms. The second-order valence-corrected chi connectivity index (χ2v) is 5.57. The zero-order valence-corrected chi connectivity index (χ0v) is 11.0. The number of aryl methyl sites for hydroxylation is 1. The van der Waals surface area contributed by atoms with Gasteiger partial charge in [-0.25, -0.2) is 0 Å². The number of rotatable bonds is 3. The predicted octanol–water partition coefficient (Wildman–Crippen LogP) is 1.77. The summed E-state index contributed by atoms with van der Waals surface area (Å²) in [5, 5.41) is 0. The normalized spacial score (nSPS) is 19.0. The van der Waals surface area contributed by atoms with Crippen molar-refractivity contribution in [2.45, 2.75) is 33.1 Å². The molecular formula is C14H20N2O2. The number of aromatic nitrogens is 1. The molecule has 98 valence electrons. The number of ketones is 1. The minimum absolute atomic E-state index is 0.0773. The average molecular weight is 248 g/mol. The van der Waals surface area contributed by atoms with E-state index in [2.05, 4.69) is 4.98 Å². The fourth-order valence-corrected chi connectivity index (χ4v) is 2.16. The van der Waals surface area contributed by atoms with Crippen molar-refractivity contribution in [3.63, 3.8) is 0 Å². The summed E-state index contributed by atoms with van der Waals surface area (Å²) < 4.78 is 0. The van der Waals surface area contributed by atoms with Gasteiger partial charge in [0.2, 0.25) is 5.91 Å². The number of Topliss-reactive ketones (excluding diaryl/α,β-unsaturated/α-hetero) is 1. The Morgan fingerprint density at radius 1 is 1.50 bits per heavy atom. The van der Waals surface area contributed by atoms with E-state index in [1.54, 1.807) is 4.90 Å². The molecule has 1 fully saturated rings. The molecule has 2 rings (SSSR count). The van der Waals surface area contributed by atoms with E-state index in [4.69, 9.17) is 0 Å². The SMILES string of the molecule is CC1(C)CCN(C(=O)CCc2ccc[nH]2)CC1=O. The number of H-pyrrole nitrogens is 1. The molecule has 1 N–H and O–H groups in total. The molecule has 18 heavy (non-hydrogen) atoms. The van der Waals surface area contributed by atoms with E-state index in [9.17, 15) is 9.59 Å². The molecule has 0 saturated carbocycles. The third-order valence-corrected chi connectivity index (χ3v) is 3.72. The van der Waals surface area contributed by atoms with Crippen molar-refractivity contribution in [3.8, 4) is 0 Å². The maximum Gasteiger partial charge on any atom is 0.223 e. The summed E-state index contributed by atoms with van der Waals surface area (Å²) >= 11 is 0. The van der Waals surface area contributed by atoms with Gasteiger partial charge in [-0.3, -0.25) is 9.59 Å². The van der Waals surface area contributed by atoms with Gasteiger partial charge in [0.25, 0.3) is 0 Å². The molecule has 4 heteroatoms. The van der Waals surface area contributed by atoms with Crippen molar-refractivity contribution >= 4 is 11.7 Å². The average Bonchev–Trinajstić information content (AvgIpc) is 2.82. The largest absolute Gasteiger partial charge is 0.365 e. The summed E-state index contributed by atoms with van der Waals surface area (Å²) in [7, 11) is 0. The van der Waals surface area contributed by atoms with E-state index < -0.39 is 0 Å². The molecule has 1 aliphatic rings. The fraction of sp³-hybridized carbons (Fsp3) is 0.571. The molecule has 1 aromatic rings. The number of aromatic amines is 1. The molecule has 1 aromatic heterocycles. The highest BCUT2D eigenvalue weighted by molar-refractivity contribution is 5.90. The first-order valence-corrected chi connectivity index (χ1v) is 6.42. The van der Waals surface area contributed by atoms with Crippen LogP contribution in [-0.4, -0.2) is 34.7 Å². The number of hydrogen-bond donors (Lipinski definition) is 1. The highest BCUT2D eigenvalue weighted by atomic mass is 16.2. The Balaban J connectivity index is 1.85. The first kappa shape index (κ1) is 12.9. The minimum atomic E-state index is -0.268. The molecule has 1 aliphatic heterocycles. The lowest BCUT2D eigenvalue weighted by molar-refractivity contribution is -0.142. The van der Waals surface area contributed by atoms with Crippen molar-refractivity contribution < 1.29 is 9.59 Å². The van der Waals surface area contributed by atoms with Gasteiger partial charge < -0.3 is 9.88 Å². The highest BCUT2D eigenvalue weighted by Gasteiger charge is 2.35. The Bertz CT molecular complexity index is 435. The monoisotopic (exact) mass is 248 g/mol. The molecule has 0 atom stereocenters. The molecule has 4 nitrogen and oxygen atoms in total. The number of carbonyl (C=O) groups excluding carboxylic acids is 2. The Morgan fingerprint density at radius 3 is 2.89 bits per heavy atom. The lowest BCUT2D eigenvalue weighted by Gasteiger charge is -2.35. The molecule has 1 saturated heterocycles. The molecule has 1 amide bonds. The van der Waals surface area contributed by atoms with Crippen LogP contribution in [-0.2, 0) is 16.0 Å². The molecular weight excluding hydrogens is 228 g/mol. The van der Waals surface area contributed by atoms with Crippen molar-refractivity contribution in [3.05, 3.63) is 24.0 Å². The van der Waals surface area contributed by atoms with Crippen molar-refractivity contribution in [1.82, 2.24) is 9.88 Å². The van der Waals surface area contributed by atoms with Gasteiger partial charge in [-0.2, -0.15) is 0 Å². The number of hydrogen-bond acceptors (Lipinski definition) is 2. The van der Waals surface area contributed by atoms with Crippen LogP contribution in [0.4, 0.5) is 0 Å². The quantitative estimate of drug-likeness (QED) is 0.886. The molecule has 2 heterocycles. The molecule has 0 aromatic carbocycles. The summed E-state index contributed by atoms with van der Waals surface area (Å²) in [5.74, 6) is 0.246. The van der Waals surface area contributed by atoms with Gasteiger partial charge in [-0.1, -0.05) is 13.8 Å². The summed E-state index contributed by atoms with van der Waals surface area (Å²) in [5.41, 5.74) is 0.794. The number of likely N-dealkylation sites (tertiary alicyclic amines) is 1. The van der Waals surface area contributed by atoms with Crippen LogP contribution in [0, 0.1) is 5.41 Å². The summed E-state index contributed by atoms with van der Waals surface area (Å²) in [6.45, 7) is 4.88. The van der Waals surface area contributed by atoms with Gasteiger partial charge in [0.15, 0.2) is 5.78 Å². The van der Waals surface area contributed by atoms with Crippen LogP contribution in [0.2, 0.25) is 0 Å². The maximum atomic E-state index is 12.0. The van der Waals surface area contributed by atoms with Gasteiger partial charge in [0.05, 0.1) is 6.54 Å². The van der Waals surface area contributed by atoms with Crippen LogP contribution >= 0.6 is 0 Å². The molecule has 0 aliphatic carbocycles. The topological polar surface area (TPSA) is 53.2 Å². The van der Waals surface area contributed by atoms with Gasteiger partial charge in [0.1, 0.15) is 0 Å². The standard InChI is InChI=1S/C14H20N2O2/c1-14(2)7-9-16(10-12(14)17)13(18)6-5-11-4-3-8-15-11/h3-4,8,15H,5-7,9-10H2,1-2H3. The minimum Gasteiger partial charge on any atom is -0.365 e. The highest BCUT2D eigenvalue weighted by Crippen LogP contribution is 2.27. The lowest BCUT2D eigenvalue weighted by atomic mass is 9.81. The van der Waals surface area contributed by atoms with Crippen molar-refractivity contribution in [2.75, 3.05) is 13.1 Å². The van der Waals surface area contributed by atoms with Gasteiger partial charge >= 0.3 is 0 Å². The first-order chi connectivity index (χ1) is 8.49. The third kappa shape index (κ3) is 2.81. The van der Waals surface area contributed by atoms with E-state index in [0.29, 0.717) is 19.4 Å². The van der Waals surface area contributed by atoms with Gasteiger partial charge in [0, 0.05) is 30.3 Å². The van der Waals surface area contributed by atoms with E-state index in [1.165, 1.54) is 0 Å². The number of nitrogens with one attached hydrogen (secondary N) is 1. The Hall–Kier alpha value is -1.58. The van der Waals surface area contributed by atoms with Gasteiger partial charge in [-0.15, -0.1) is 0 Å². The smallest absolute Gasteiger partial charge is 0.223 e. The number of piperidine rings is 1. The number of carbonyl (C=O) groups is 2. The Labute approximate surface area is 107 Å². The first-order valence-electron chi connectivity index (χ1n) is 6.42. The van der Waals surface area contributed by atoms with Crippen molar-refractivity contribution in [1.29, 1.82) is 0 Å². The van der Waals surface area contributed by atoms with E-state index in [0.717, 1.165) is 12.1 Å². The van der Waals surface area contributed by atoms with Crippen molar-refractivity contribution in [2.24, 2.45) is 5.41 Å². The zero-order valence-electron chi connectivity index (χ0n) is 11.0. The number of nitrogens with zero attached hydrogens (tertiary/aromatic N) is 1. The van der Waals surface area contributed by atoms with Crippen LogP contribution in [0.1, 0.15) is 32.4 Å². The molecule has 0 bridgehead atoms. The zero-order chi connectivity index (χ0) is 13.2. The van der Waals surface area contributed by atoms with E-state index >= 15 is 0 Å². The number of amides is 1. The van der Waals surface area contributed by atoms with Crippen LogP contribution < -0.4 is 0 Å². The summed E-state index contributed by atoms with van der Waals surface area (Å²) in [4.78, 5) is 28.6. The van der Waals surface area contributed by atoms with Crippen LogP contribution in [0.5, 0.6) is 0 Å². The molecule has 0 radical (unpaired) electrons. The maximum absolute atomic E-state index is 12.0. The van der Waals surface area contributed by atoms with Crippen LogP contribution in [0.15, 0.2) is 18.3 Å². The Morgan fingerprint density at radius 2 is 2.28 bits per heavy atom. The van der Waals surface area contributed by atoms with Crippen LogP contribution in [0.25, 0.3) is 0 Å². The van der Waals surface area contributed by atoms with Crippen LogP contribution in [0.3, 0.4) is 0 Å².